The van der Waals surface area contributed by atoms with Gasteiger partial charge in [0.2, 0.25) is 0 Å². The molecule has 1 atom stereocenters. The molecule has 0 aromatic heterocycles. The zero-order valence-corrected chi connectivity index (χ0v) is 12.5. The highest BCUT2D eigenvalue weighted by Gasteiger charge is 2.01. The summed E-state index contributed by atoms with van der Waals surface area (Å²) in [5, 5.41) is 0. The van der Waals surface area contributed by atoms with Gasteiger partial charge in [0, 0.05) is 10.6 Å². The van der Waals surface area contributed by atoms with Gasteiger partial charge in [-0.1, -0.05) is 50.8 Å². The van der Waals surface area contributed by atoms with Gasteiger partial charge in [-0.15, -0.1) is 11.8 Å². The third-order valence-electron chi connectivity index (χ3n) is 2.96. The predicted octanol–water partition coefficient (Wildman–Crippen LogP) is 5.15. The molecule has 0 N–H and O–H groups in total. The molecule has 0 amide bonds. The van der Waals surface area contributed by atoms with Gasteiger partial charge in [-0.3, -0.25) is 0 Å². The summed E-state index contributed by atoms with van der Waals surface area (Å²) < 4.78 is 5.82. The van der Waals surface area contributed by atoms with Crippen LogP contribution in [0, 0.1) is 0 Å². The van der Waals surface area contributed by atoms with Crippen LogP contribution in [0.4, 0.5) is 0 Å². The van der Waals surface area contributed by atoms with Gasteiger partial charge in [0.15, 0.2) is 0 Å². The number of benzene rings is 1. The van der Waals surface area contributed by atoms with Gasteiger partial charge in [0.25, 0.3) is 0 Å². The van der Waals surface area contributed by atoms with Crippen LogP contribution in [-0.4, -0.2) is 18.5 Å². The van der Waals surface area contributed by atoms with E-state index in [0.717, 1.165) is 12.4 Å². The normalized spacial score (nSPS) is 12.6. The third-order valence-corrected chi connectivity index (χ3v) is 3.94. The van der Waals surface area contributed by atoms with Crippen LogP contribution in [0.5, 0.6) is 0 Å². The molecule has 1 aromatic rings. The molecule has 0 saturated carbocycles. The fourth-order valence-corrected chi connectivity index (χ4v) is 2.63. The highest BCUT2D eigenvalue weighted by molar-refractivity contribution is 7.99. The minimum absolute atomic E-state index is 0.415. The van der Waals surface area contributed by atoms with Gasteiger partial charge in [0.05, 0.1) is 12.7 Å². The molecule has 18 heavy (non-hydrogen) atoms. The van der Waals surface area contributed by atoms with Crippen molar-refractivity contribution in [3.05, 3.63) is 30.3 Å². The van der Waals surface area contributed by atoms with Gasteiger partial charge in [-0.2, -0.15) is 0 Å². The molecule has 0 bridgehead atoms. The van der Waals surface area contributed by atoms with E-state index in [1.807, 2.05) is 11.8 Å². The molecule has 0 aliphatic heterocycles. The van der Waals surface area contributed by atoms with Crippen molar-refractivity contribution in [2.24, 2.45) is 0 Å². The first-order chi connectivity index (χ1) is 8.83. The van der Waals surface area contributed by atoms with Crippen molar-refractivity contribution in [1.82, 2.24) is 0 Å². The molecule has 0 aliphatic rings. The zero-order chi connectivity index (χ0) is 13.1. The highest BCUT2D eigenvalue weighted by atomic mass is 32.2. The van der Waals surface area contributed by atoms with Crippen LogP contribution in [0.2, 0.25) is 0 Å². The van der Waals surface area contributed by atoms with Gasteiger partial charge >= 0.3 is 0 Å². The van der Waals surface area contributed by atoms with E-state index in [1.165, 1.54) is 37.0 Å². The largest absolute Gasteiger partial charge is 0.378 e. The van der Waals surface area contributed by atoms with E-state index in [1.54, 1.807) is 0 Å². The van der Waals surface area contributed by atoms with Crippen molar-refractivity contribution in [3.8, 4) is 0 Å². The van der Waals surface area contributed by atoms with Gasteiger partial charge < -0.3 is 4.74 Å². The van der Waals surface area contributed by atoms with E-state index in [2.05, 4.69) is 44.2 Å². The van der Waals surface area contributed by atoms with Crippen LogP contribution in [0.15, 0.2) is 35.2 Å². The summed E-state index contributed by atoms with van der Waals surface area (Å²) in [5.74, 6) is 1.04. The Hall–Kier alpha value is -0.470. The highest BCUT2D eigenvalue weighted by Crippen LogP contribution is 2.17. The topological polar surface area (TPSA) is 9.23 Å². The molecule has 0 spiro atoms. The molecule has 102 valence electrons. The van der Waals surface area contributed by atoms with Crippen LogP contribution >= 0.6 is 11.8 Å². The number of ether oxygens (including phenoxy) is 1. The van der Waals surface area contributed by atoms with E-state index in [4.69, 9.17) is 4.74 Å². The molecule has 2 heteroatoms. The summed E-state index contributed by atoms with van der Waals surface area (Å²) in [5.41, 5.74) is 0. The number of rotatable bonds is 10. The summed E-state index contributed by atoms with van der Waals surface area (Å²) in [6, 6.07) is 10.5. The van der Waals surface area contributed by atoms with Crippen molar-refractivity contribution in [2.45, 2.75) is 57.0 Å². The molecule has 0 fully saturated rings. The Bertz CT molecular complexity index is 286. The number of hydrogen-bond acceptors (Lipinski definition) is 2. The first kappa shape index (κ1) is 15.6. The van der Waals surface area contributed by atoms with Gasteiger partial charge in [-0.05, 0) is 25.5 Å². The second kappa shape index (κ2) is 10.5. The molecule has 1 nitrogen and oxygen atoms in total. The van der Waals surface area contributed by atoms with Gasteiger partial charge in [-0.25, -0.2) is 0 Å². The van der Waals surface area contributed by atoms with Crippen molar-refractivity contribution < 1.29 is 4.74 Å². The molecule has 0 saturated heterocycles. The maximum absolute atomic E-state index is 5.82. The summed E-state index contributed by atoms with van der Waals surface area (Å²) in [4.78, 5) is 1.33. The summed E-state index contributed by atoms with van der Waals surface area (Å²) >= 11 is 1.87. The quantitative estimate of drug-likeness (QED) is 0.427. The minimum atomic E-state index is 0.415. The average molecular weight is 266 g/mol. The molecular weight excluding hydrogens is 240 g/mol. The van der Waals surface area contributed by atoms with E-state index < -0.39 is 0 Å². The Morgan fingerprint density at radius 3 is 2.61 bits per heavy atom. The minimum Gasteiger partial charge on any atom is -0.378 e. The molecule has 0 heterocycles. The Morgan fingerprint density at radius 2 is 1.89 bits per heavy atom. The average Bonchev–Trinajstić information content (AvgIpc) is 2.41. The van der Waals surface area contributed by atoms with E-state index in [9.17, 15) is 0 Å². The van der Waals surface area contributed by atoms with Crippen molar-refractivity contribution in [1.29, 1.82) is 0 Å². The lowest BCUT2D eigenvalue weighted by Gasteiger charge is -2.12. The summed E-state index contributed by atoms with van der Waals surface area (Å²) in [6.07, 6.45) is 6.94. The van der Waals surface area contributed by atoms with Gasteiger partial charge in [0.1, 0.15) is 0 Å². The monoisotopic (exact) mass is 266 g/mol. The number of thioether (sulfide) groups is 1. The molecule has 0 radical (unpaired) electrons. The van der Waals surface area contributed by atoms with Crippen LogP contribution < -0.4 is 0 Å². The number of hydrogen-bond donors (Lipinski definition) is 0. The SMILES string of the molecule is CCCCCCC(C)OCCSc1ccccc1. The standard InChI is InChI=1S/C16H26OS/c1-3-4-5-7-10-15(2)17-13-14-18-16-11-8-6-9-12-16/h6,8-9,11-12,15H,3-5,7,10,13-14H2,1-2H3. The smallest absolute Gasteiger partial charge is 0.0563 e. The Morgan fingerprint density at radius 1 is 1.11 bits per heavy atom. The molecule has 1 unspecified atom stereocenters. The first-order valence-corrected chi connectivity index (χ1v) is 8.11. The van der Waals surface area contributed by atoms with Crippen LogP contribution in [-0.2, 0) is 4.74 Å². The van der Waals surface area contributed by atoms with E-state index >= 15 is 0 Å². The number of unbranched alkanes of at least 4 members (excludes halogenated alkanes) is 3. The summed E-state index contributed by atoms with van der Waals surface area (Å²) in [7, 11) is 0. The Labute approximate surface area is 116 Å². The van der Waals surface area contributed by atoms with E-state index in [0.29, 0.717) is 6.10 Å². The first-order valence-electron chi connectivity index (χ1n) is 7.12. The second-order valence-electron chi connectivity index (χ2n) is 4.69. The molecule has 1 aromatic carbocycles. The lowest BCUT2D eigenvalue weighted by atomic mass is 10.1. The Balaban J connectivity index is 1.97. The maximum Gasteiger partial charge on any atom is 0.0563 e. The lowest BCUT2D eigenvalue weighted by Crippen LogP contribution is -2.10. The molecule has 0 aliphatic carbocycles. The summed E-state index contributed by atoms with van der Waals surface area (Å²) in [6.45, 7) is 5.30. The van der Waals surface area contributed by atoms with Crippen molar-refractivity contribution in [2.75, 3.05) is 12.4 Å². The maximum atomic E-state index is 5.82. The van der Waals surface area contributed by atoms with E-state index in [-0.39, 0.29) is 0 Å². The molecular formula is C16H26OS. The van der Waals surface area contributed by atoms with Crippen LogP contribution in [0.3, 0.4) is 0 Å². The zero-order valence-electron chi connectivity index (χ0n) is 11.7. The lowest BCUT2D eigenvalue weighted by molar-refractivity contribution is 0.0703. The predicted molar refractivity (Wildman–Crippen MR) is 81.3 cm³/mol. The Kier molecular flexibility index (Phi) is 9.05. The fourth-order valence-electron chi connectivity index (χ4n) is 1.87. The fraction of sp³-hybridized carbons (Fsp3) is 0.625. The van der Waals surface area contributed by atoms with Crippen molar-refractivity contribution >= 4 is 11.8 Å². The van der Waals surface area contributed by atoms with Crippen LogP contribution in [0.1, 0.15) is 46.0 Å². The van der Waals surface area contributed by atoms with Crippen molar-refractivity contribution in [3.63, 3.8) is 0 Å². The third kappa shape index (κ3) is 7.78. The second-order valence-corrected chi connectivity index (χ2v) is 5.86. The van der Waals surface area contributed by atoms with Crippen LogP contribution in [0.25, 0.3) is 0 Å². The molecule has 1 rings (SSSR count).